The molecule has 21 heavy (non-hydrogen) atoms. The Morgan fingerprint density at radius 1 is 1.29 bits per heavy atom. The zero-order valence-corrected chi connectivity index (χ0v) is 11.8. The van der Waals surface area contributed by atoms with Crippen LogP contribution in [0, 0.1) is 15.9 Å². The van der Waals surface area contributed by atoms with Crippen molar-refractivity contribution in [3.05, 3.63) is 64.0 Å². The van der Waals surface area contributed by atoms with Crippen molar-refractivity contribution in [2.75, 3.05) is 11.6 Å². The number of benzene rings is 2. The third-order valence-electron chi connectivity index (χ3n) is 2.76. The molecule has 1 N–H and O–H groups in total. The Kier molecular flexibility index (Phi) is 4.54. The molecule has 0 fully saturated rings. The molecule has 0 unspecified atom stereocenters. The van der Waals surface area contributed by atoms with E-state index in [9.17, 15) is 19.3 Å². The van der Waals surface area contributed by atoms with Gasteiger partial charge in [-0.15, -0.1) is 11.8 Å². The van der Waals surface area contributed by atoms with Gasteiger partial charge in [-0.3, -0.25) is 14.9 Å². The third kappa shape index (κ3) is 3.38. The highest BCUT2D eigenvalue weighted by molar-refractivity contribution is 7.98. The van der Waals surface area contributed by atoms with Gasteiger partial charge in [-0.1, -0.05) is 12.1 Å². The van der Waals surface area contributed by atoms with Crippen LogP contribution in [0.2, 0.25) is 0 Å². The Morgan fingerprint density at radius 2 is 2.00 bits per heavy atom. The van der Waals surface area contributed by atoms with Crippen LogP contribution in [-0.2, 0) is 0 Å². The van der Waals surface area contributed by atoms with Crippen LogP contribution in [0.15, 0.2) is 47.4 Å². The van der Waals surface area contributed by atoms with E-state index in [2.05, 4.69) is 5.32 Å². The second-order valence-electron chi connectivity index (χ2n) is 4.08. The van der Waals surface area contributed by atoms with Gasteiger partial charge in [0.05, 0.1) is 15.5 Å². The Bertz CT molecular complexity index is 706. The summed E-state index contributed by atoms with van der Waals surface area (Å²) in [6, 6.07) is 9.87. The number of hydrogen-bond donors (Lipinski definition) is 1. The van der Waals surface area contributed by atoms with Crippen LogP contribution < -0.4 is 5.32 Å². The minimum Gasteiger partial charge on any atom is -0.319 e. The molecule has 7 heteroatoms. The van der Waals surface area contributed by atoms with E-state index in [1.165, 1.54) is 48.2 Å². The first-order chi connectivity index (χ1) is 10.0. The van der Waals surface area contributed by atoms with Crippen LogP contribution in [0.5, 0.6) is 0 Å². The number of thioether (sulfide) groups is 1. The highest BCUT2D eigenvalue weighted by Gasteiger charge is 2.17. The average molecular weight is 306 g/mol. The number of halogens is 1. The second-order valence-corrected chi connectivity index (χ2v) is 4.93. The van der Waals surface area contributed by atoms with Crippen molar-refractivity contribution in [2.45, 2.75) is 4.90 Å². The summed E-state index contributed by atoms with van der Waals surface area (Å²) in [4.78, 5) is 22.9. The number of carbonyl (C=O) groups is 1. The number of rotatable bonds is 4. The van der Waals surface area contributed by atoms with E-state index in [1.807, 2.05) is 0 Å². The third-order valence-corrected chi connectivity index (χ3v) is 3.54. The summed E-state index contributed by atoms with van der Waals surface area (Å²) in [6.45, 7) is 0. The summed E-state index contributed by atoms with van der Waals surface area (Å²) in [5, 5.41) is 13.4. The van der Waals surface area contributed by atoms with Gasteiger partial charge in [-0.05, 0) is 30.5 Å². The first kappa shape index (κ1) is 15.0. The Labute approximate surface area is 124 Å². The summed E-state index contributed by atoms with van der Waals surface area (Å²) in [7, 11) is 0. The number of nitrogens with zero attached hydrogens (tertiary/aromatic N) is 1. The minimum absolute atomic E-state index is 0.0269. The lowest BCUT2D eigenvalue weighted by molar-refractivity contribution is -0.387. The van der Waals surface area contributed by atoms with Crippen molar-refractivity contribution in [2.24, 2.45) is 0 Å². The molecule has 0 saturated carbocycles. The van der Waals surface area contributed by atoms with Crippen LogP contribution in [0.1, 0.15) is 10.4 Å². The van der Waals surface area contributed by atoms with Gasteiger partial charge < -0.3 is 5.32 Å². The van der Waals surface area contributed by atoms with Crippen molar-refractivity contribution in [3.8, 4) is 0 Å². The van der Waals surface area contributed by atoms with Crippen molar-refractivity contribution in [1.82, 2.24) is 0 Å². The number of nitro benzene ring substituents is 1. The van der Waals surface area contributed by atoms with E-state index in [1.54, 1.807) is 12.3 Å². The van der Waals surface area contributed by atoms with E-state index in [0.29, 0.717) is 4.90 Å². The molecule has 0 aliphatic rings. The van der Waals surface area contributed by atoms with E-state index in [-0.39, 0.29) is 16.9 Å². The minimum atomic E-state index is -0.601. The molecule has 0 heterocycles. The topological polar surface area (TPSA) is 72.2 Å². The van der Waals surface area contributed by atoms with E-state index in [0.717, 1.165) is 0 Å². The quantitative estimate of drug-likeness (QED) is 0.531. The molecule has 0 bridgehead atoms. The fourth-order valence-corrected chi connectivity index (χ4v) is 2.28. The summed E-state index contributed by atoms with van der Waals surface area (Å²) in [5.41, 5.74) is -0.0227. The summed E-state index contributed by atoms with van der Waals surface area (Å²) in [6.07, 6.45) is 1.71. The number of nitrogens with one attached hydrogen (secondary N) is 1. The molecule has 0 atom stereocenters. The molecule has 2 rings (SSSR count). The summed E-state index contributed by atoms with van der Waals surface area (Å²) in [5.74, 6) is -1.17. The van der Waals surface area contributed by atoms with Crippen molar-refractivity contribution in [3.63, 3.8) is 0 Å². The summed E-state index contributed by atoms with van der Waals surface area (Å²) < 4.78 is 13.5. The maximum atomic E-state index is 13.5. The summed E-state index contributed by atoms with van der Waals surface area (Å²) >= 11 is 1.22. The smallest absolute Gasteiger partial charge is 0.283 e. The molecule has 2 aromatic rings. The lowest BCUT2D eigenvalue weighted by Crippen LogP contribution is -2.13. The second kappa shape index (κ2) is 6.36. The fourth-order valence-electron chi connectivity index (χ4n) is 1.73. The van der Waals surface area contributed by atoms with Crippen LogP contribution in [0.25, 0.3) is 0 Å². The monoisotopic (exact) mass is 306 g/mol. The zero-order chi connectivity index (χ0) is 15.4. The first-order valence-corrected chi connectivity index (χ1v) is 7.13. The number of carbonyl (C=O) groups excluding carboxylic acids is 1. The van der Waals surface area contributed by atoms with Gasteiger partial charge in [0.25, 0.3) is 11.6 Å². The highest BCUT2D eigenvalue weighted by atomic mass is 32.2. The average Bonchev–Trinajstić information content (AvgIpc) is 2.48. The maximum absolute atomic E-state index is 13.5. The molecule has 0 saturated heterocycles. The first-order valence-electron chi connectivity index (χ1n) is 5.91. The number of amides is 1. The Hall–Kier alpha value is -2.41. The van der Waals surface area contributed by atoms with Crippen molar-refractivity contribution >= 4 is 29.0 Å². The largest absolute Gasteiger partial charge is 0.319 e. The van der Waals surface area contributed by atoms with Gasteiger partial charge >= 0.3 is 0 Å². The Balaban J connectivity index is 2.30. The number of hydrogen-bond acceptors (Lipinski definition) is 4. The molecule has 108 valence electrons. The zero-order valence-electron chi connectivity index (χ0n) is 11.0. The lowest BCUT2D eigenvalue weighted by Gasteiger charge is -2.07. The molecule has 0 aromatic heterocycles. The van der Waals surface area contributed by atoms with Crippen molar-refractivity contribution in [1.29, 1.82) is 0 Å². The van der Waals surface area contributed by atoms with Gasteiger partial charge in [0.1, 0.15) is 5.82 Å². The van der Waals surface area contributed by atoms with Gasteiger partial charge in [0.15, 0.2) is 0 Å². The van der Waals surface area contributed by atoms with Gasteiger partial charge in [0.2, 0.25) is 0 Å². The molecule has 0 spiro atoms. The van der Waals surface area contributed by atoms with Crippen LogP contribution in [-0.4, -0.2) is 17.1 Å². The predicted octanol–water partition coefficient (Wildman–Crippen LogP) is 3.71. The molecule has 1 amide bonds. The number of para-hydroxylation sites is 1. The number of anilines is 1. The molecule has 0 aliphatic carbocycles. The molecule has 2 aromatic carbocycles. The standard InChI is InChI=1S/C14H11FN2O3S/c1-21-13-7-6-9(8-12(13)17(19)20)14(18)16-11-5-3-2-4-10(11)15/h2-8H,1H3,(H,16,18). The van der Waals surface area contributed by atoms with Gasteiger partial charge in [-0.25, -0.2) is 4.39 Å². The molecular formula is C14H11FN2O3S. The van der Waals surface area contributed by atoms with E-state index < -0.39 is 16.6 Å². The SMILES string of the molecule is CSc1ccc(C(=O)Nc2ccccc2F)cc1[N+](=O)[O-]. The van der Waals surface area contributed by atoms with Crippen molar-refractivity contribution < 1.29 is 14.1 Å². The van der Waals surface area contributed by atoms with Crippen LogP contribution in [0.4, 0.5) is 15.8 Å². The highest BCUT2D eigenvalue weighted by Crippen LogP contribution is 2.28. The van der Waals surface area contributed by atoms with Gasteiger partial charge in [-0.2, -0.15) is 0 Å². The molecule has 0 aliphatic heterocycles. The Morgan fingerprint density at radius 3 is 2.62 bits per heavy atom. The molecule has 0 radical (unpaired) electrons. The van der Waals surface area contributed by atoms with Crippen LogP contribution >= 0.6 is 11.8 Å². The molecular weight excluding hydrogens is 295 g/mol. The normalized spacial score (nSPS) is 10.2. The molecule has 5 nitrogen and oxygen atoms in total. The lowest BCUT2D eigenvalue weighted by atomic mass is 10.2. The maximum Gasteiger partial charge on any atom is 0.283 e. The fraction of sp³-hybridized carbons (Fsp3) is 0.0714. The van der Waals surface area contributed by atoms with E-state index >= 15 is 0 Å². The van der Waals surface area contributed by atoms with E-state index in [4.69, 9.17) is 0 Å². The number of nitro groups is 1. The predicted molar refractivity (Wildman–Crippen MR) is 79.2 cm³/mol. The van der Waals surface area contributed by atoms with Gasteiger partial charge in [0, 0.05) is 11.6 Å². The van der Waals surface area contributed by atoms with Crippen LogP contribution in [0.3, 0.4) is 0 Å².